The van der Waals surface area contributed by atoms with Gasteiger partial charge in [0.15, 0.2) is 5.11 Å². The number of anilines is 1. The van der Waals surface area contributed by atoms with Crippen LogP contribution >= 0.6 is 12.2 Å². The van der Waals surface area contributed by atoms with Gasteiger partial charge < -0.3 is 14.5 Å². The molecule has 2 aromatic carbocycles. The van der Waals surface area contributed by atoms with E-state index in [1.807, 2.05) is 17.0 Å². The summed E-state index contributed by atoms with van der Waals surface area (Å²) in [6.07, 6.45) is -3.21. The fourth-order valence-electron chi connectivity index (χ4n) is 5.21. The molecule has 0 unspecified atom stereocenters. The number of hydrogen-bond acceptors (Lipinski definition) is 6. The minimum Gasteiger partial charge on any atom is -0.496 e. The molecule has 0 N–H and O–H groups in total. The number of nitrogens with zero attached hydrogens (tertiary/aromatic N) is 5. The van der Waals surface area contributed by atoms with Gasteiger partial charge in [-0.15, -0.1) is 0 Å². The van der Waals surface area contributed by atoms with Crippen molar-refractivity contribution in [3.05, 3.63) is 59.2 Å². The predicted octanol–water partition coefficient (Wildman–Crippen LogP) is 4.54. The molecule has 0 saturated carbocycles. The van der Waals surface area contributed by atoms with Crippen molar-refractivity contribution in [2.75, 3.05) is 51.3 Å². The molecule has 0 spiro atoms. The number of para-hydroxylation sites is 1. The summed E-state index contributed by atoms with van der Waals surface area (Å²) in [6, 6.07) is 11.9. The molecule has 41 heavy (non-hydrogen) atoms. The van der Waals surface area contributed by atoms with E-state index in [-0.39, 0.29) is 16.7 Å². The molecule has 2 saturated heterocycles. The maximum absolute atomic E-state index is 13.5. The normalized spacial score (nSPS) is 17.6. The lowest BCUT2D eigenvalue weighted by Gasteiger charge is -2.35. The number of ether oxygens (including phenoxy) is 1. The van der Waals surface area contributed by atoms with Crippen LogP contribution in [0, 0.1) is 11.3 Å². The Morgan fingerprint density at radius 1 is 1.07 bits per heavy atom. The second kappa shape index (κ2) is 12.0. The highest BCUT2D eigenvalue weighted by Gasteiger charge is 2.49. The first-order valence-electron chi connectivity index (χ1n) is 13.3. The third kappa shape index (κ3) is 6.16. The van der Waals surface area contributed by atoms with Crippen LogP contribution < -0.4 is 9.64 Å². The third-order valence-electron chi connectivity index (χ3n) is 7.61. The Balaban J connectivity index is 1.32. The molecule has 2 heterocycles. The highest BCUT2D eigenvalue weighted by atomic mass is 32.1. The summed E-state index contributed by atoms with van der Waals surface area (Å²) in [5, 5.41) is 9.24. The first-order valence-corrected chi connectivity index (χ1v) is 13.7. The molecule has 0 aromatic heterocycles. The van der Waals surface area contributed by atoms with Gasteiger partial charge in [0.05, 0.1) is 35.6 Å². The largest absolute Gasteiger partial charge is 0.496 e. The van der Waals surface area contributed by atoms with E-state index in [0.29, 0.717) is 37.4 Å². The van der Waals surface area contributed by atoms with Crippen molar-refractivity contribution >= 4 is 34.8 Å². The third-order valence-corrected chi connectivity index (χ3v) is 8.02. The van der Waals surface area contributed by atoms with Gasteiger partial charge in [-0.05, 0) is 75.8 Å². The maximum Gasteiger partial charge on any atom is 0.417 e. The average Bonchev–Trinajstić information content (AvgIpc) is 3.12. The molecule has 4 rings (SSSR count). The van der Waals surface area contributed by atoms with Gasteiger partial charge in [-0.1, -0.05) is 12.1 Å². The van der Waals surface area contributed by atoms with Crippen LogP contribution in [-0.4, -0.2) is 83.5 Å². The highest BCUT2D eigenvalue weighted by Crippen LogP contribution is 2.38. The zero-order valence-corrected chi connectivity index (χ0v) is 24.0. The second-order valence-corrected chi connectivity index (χ2v) is 10.9. The van der Waals surface area contributed by atoms with Crippen LogP contribution in [0.2, 0.25) is 0 Å². The Labute approximate surface area is 242 Å². The number of thiocarbonyl (C=S) groups is 1. The topological polar surface area (TPSA) is 80.1 Å². The van der Waals surface area contributed by atoms with Crippen LogP contribution in [0.4, 0.5) is 18.9 Å². The smallest absolute Gasteiger partial charge is 0.417 e. The number of rotatable bonds is 8. The van der Waals surface area contributed by atoms with Crippen molar-refractivity contribution in [3.8, 4) is 11.8 Å². The van der Waals surface area contributed by atoms with Gasteiger partial charge in [0.2, 0.25) is 0 Å². The van der Waals surface area contributed by atoms with E-state index in [2.05, 4.69) is 4.90 Å². The molecule has 218 valence electrons. The van der Waals surface area contributed by atoms with Gasteiger partial charge in [0.1, 0.15) is 11.3 Å². The molecule has 2 amide bonds. The Kier molecular flexibility index (Phi) is 8.89. The van der Waals surface area contributed by atoms with Gasteiger partial charge in [-0.3, -0.25) is 19.4 Å². The summed E-state index contributed by atoms with van der Waals surface area (Å²) >= 11 is 5.57. The molecule has 12 heteroatoms. The van der Waals surface area contributed by atoms with E-state index >= 15 is 0 Å². The molecule has 2 fully saturated rings. The molecule has 8 nitrogen and oxygen atoms in total. The number of halogens is 3. The van der Waals surface area contributed by atoms with E-state index in [1.54, 1.807) is 44.1 Å². The van der Waals surface area contributed by atoms with E-state index in [0.717, 1.165) is 43.1 Å². The van der Waals surface area contributed by atoms with Crippen LogP contribution in [0.5, 0.6) is 5.75 Å². The Morgan fingerprint density at radius 2 is 1.73 bits per heavy atom. The molecule has 0 atom stereocenters. The number of alkyl halides is 3. The van der Waals surface area contributed by atoms with Crippen molar-refractivity contribution in [2.24, 2.45) is 0 Å². The number of methoxy groups -OCH3 is 1. The minimum absolute atomic E-state index is 0.0116. The van der Waals surface area contributed by atoms with Gasteiger partial charge in [-0.2, -0.15) is 18.4 Å². The fourth-order valence-corrected chi connectivity index (χ4v) is 5.72. The summed E-state index contributed by atoms with van der Waals surface area (Å²) in [5.74, 6) is 0.0848. The van der Waals surface area contributed by atoms with Crippen molar-refractivity contribution in [1.29, 1.82) is 5.26 Å². The van der Waals surface area contributed by atoms with E-state index in [1.165, 1.54) is 6.07 Å². The zero-order chi connectivity index (χ0) is 29.9. The number of piperazine rings is 1. The van der Waals surface area contributed by atoms with Crippen molar-refractivity contribution in [1.82, 2.24) is 14.7 Å². The van der Waals surface area contributed by atoms with E-state index in [9.17, 15) is 22.8 Å². The van der Waals surface area contributed by atoms with Crippen molar-refractivity contribution in [2.45, 2.75) is 38.4 Å². The molecular formula is C29H32F3N5O3S. The number of benzene rings is 2. The summed E-state index contributed by atoms with van der Waals surface area (Å²) in [7, 11) is 1.55. The monoisotopic (exact) mass is 587 g/mol. The van der Waals surface area contributed by atoms with E-state index in [4.69, 9.17) is 22.2 Å². The van der Waals surface area contributed by atoms with Crippen LogP contribution in [-0.2, 0) is 11.0 Å². The Bertz CT molecular complexity index is 1370. The van der Waals surface area contributed by atoms with Gasteiger partial charge in [0.25, 0.3) is 11.8 Å². The molecule has 2 aromatic rings. The van der Waals surface area contributed by atoms with E-state index < -0.39 is 28.7 Å². The minimum atomic E-state index is -4.74. The first-order chi connectivity index (χ1) is 19.4. The summed E-state index contributed by atoms with van der Waals surface area (Å²) < 4.78 is 45.9. The number of carbonyl (C=O) groups excluding carboxylic acids is 2. The lowest BCUT2D eigenvalue weighted by Crippen LogP contribution is -2.49. The van der Waals surface area contributed by atoms with Crippen LogP contribution in [0.1, 0.15) is 48.2 Å². The average molecular weight is 588 g/mol. The summed E-state index contributed by atoms with van der Waals surface area (Å²) in [6.45, 7) is 7.36. The molecule has 0 aliphatic carbocycles. The number of unbranched alkanes of at least 4 members (excludes halogenated alkanes) is 1. The van der Waals surface area contributed by atoms with Crippen molar-refractivity contribution < 1.29 is 27.5 Å². The zero-order valence-electron chi connectivity index (χ0n) is 23.2. The lowest BCUT2D eigenvalue weighted by molar-refractivity contribution is -0.137. The molecule has 0 bridgehead atoms. The Morgan fingerprint density at radius 3 is 2.37 bits per heavy atom. The molecular weight excluding hydrogens is 555 g/mol. The predicted molar refractivity (Wildman–Crippen MR) is 152 cm³/mol. The summed E-state index contributed by atoms with van der Waals surface area (Å²) in [4.78, 5) is 33.2. The number of amides is 2. The summed E-state index contributed by atoms with van der Waals surface area (Å²) in [5.41, 5.74) is -2.11. The second-order valence-electron chi connectivity index (χ2n) is 10.5. The molecule has 2 aliphatic rings. The number of carbonyl (C=O) groups is 2. The van der Waals surface area contributed by atoms with Gasteiger partial charge >= 0.3 is 6.18 Å². The Hall–Kier alpha value is -3.69. The fraction of sp³-hybridized carbons (Fsp3) is 0.448. The quantitative estimate of drug-likeness (QED) is 0.332. The van der Waals surface area contributed by atoms with Crippen LogP contribution in [0.15, 0.2) is 42.5 Å². The molecule has 2 aliphatic heterocycles. The number of hydrogen-bond donors (Lipinski definition) is 0. The standard InChI is InChI=1S/C29H32F3N5O3S/c1-28(2)26(39)37(21-11-10-20(19-33)23(18-21)29(30,31)32)27(41)36(28)13-7-6-12-34-14-16-35(17-15-34)25(38)22-8-4-5-9-24(22)40-3/h4-5,8-11,18H,6-7,12-17H2,1-3H3. The maximum atomic E-state index is 13.5. The van der Waals surface area contributed by atoms with Gasteiger partial charge in [-0.25, -0.2) is 0 Å². The first kappa shape index (κ1) is 30.3. The van der Waals surface area contributed by atoms with Crippen molar-refractivity contribution in [3.63, 3.8) is 0 Å². The van der Waals surface area contributed by atoms with Crippen LogP contribution in [0.3, 0.4) is 0 Å². The van der Waals surface area contributed by atoms with Gasteiger partial charge in [0, 0.05) is 32.7 Å². The molecule has 0 radical (unpaired) electrons. The lowest BCUT2D eigenvalue weighted by atomic mass is 10.0. The number of nitriles is 1. The van der Waals surface area contributed by atoms with Crippen LogP contribution in [0.25, 0.3) is 0 Å². The highest BCUT2D eigenvalue weighted by molar-refractivity contribution is 7.80. The SMILES string of the molecule is COc1ccccc1C(=O)N1CCN(CCCCN2C(=S)N(c3ccc(C#N)c(C(F)(F)F)c3)C(=O)C2(C)C)CC1.